The van der Waals surface area contributed by atoms with Crippen molar-refractivity contribution in [1.29, 1.82) is 0 Å². The van der Waals surface area contributed by atoms with E-state index in [1.165, 1.54) is 10.5 Å². The maximum atomic E-state index is 12.8. The molecule has 1 saturated heterocycles. The van der Waals surface area contributed by atoms with Gasteiger partial charge in [-0.1, -0.05) is 35.9 Å². The van der Waals surface area contributed by atoms with E-state index < -0.39 is 0 Å². The molecule has 0 N–H and O–H groups in total. The van der Waals surface area contributed by atoms with Crippen LogP contribution in [0, 0.1) is 0 Å². The van der Waals surface area contributed by atoms with E-state index in [-0.39, 0.29) is 17.7 Å². The molecule has 1 aliphatic rings. The highest BCUT2D eigenvalue weighted by molar-refractivity contribution is 9.10. The van der Waals surface area contributed by atoms with Gasteiger partial charge in [0.25, 0.3) is 11.1 Å². The zero-order valence-corrected chi connectivity index (χ0v) is 19.4. The van der Waals surface area contributed by atoms with Crippen LogP contribution >= 0.6 is 27.7 Å². The first-order valence-electron chi connectivity index (χ1n) is 9.32. The molecule has 0 atom stereocenters. The van der Waals surface area contributed by atoms with Crippen LogP contribution < -0.4 is 9.47 Å². The average Bonchev–Trinajstić information content (AvgIpc) is 2.97. The summed E-state index contributed by atoms with van der Waals surface area (Å²) in [4.78, 5) is 26.8. The summed E-state index contributed by atoms with van der Waals surface area (Å²) in [6, 6.07) is 13.0. The summed E-state index contributed by atoms with van der Waals surface area (Å²) in [5.74, 6) is 0.884. The van der Waals surface area contributed by atoms with E-state index in [0.29, 0.717) is 28.6 Å². The lowest BCUT2D eigenvalue weighted by Gasteiger charge is -2.13. The minimum absolute atomic E-state index is 0.251. The van der Waals surface area contributed by atoms with Crippen LogP contribution in [0.5, 0.6) is 11.5 Å². The maximum absolute atomic E-state index is 12.8. The second kappa shape index (κ2) is 10.00. The van der Waals surface area contributed by atoms with Crippen LogP contribution in [-0.4, -0.2) is 29.8 Å². The monoisotopic (exact) mass is 487 g/mol. The molecule has 2 amide bonds. The van der Waals surface area contributed by atoms with Gasteiger partial charge in [0, 0.05) is 11.6 Å². The number of allylic oxidation sites excluding steroid dienone is 1. The number of methoxy groups -OCH3 is 1. The van der Waals surface area contributed by atoms with Gasteiger partial charge in [-0.05, 0) is 65.3 Å². The molecular weight excluding hydrogens is 466 g/mol. The van der Waals surface area contributed by atoms with Crippen molar-refractivity contribution in [3.05, 3.63) is 74.6 Å². The van der Waals surface area contributed by atoms with Gasteiger partial charge in [-0.3, -0.25) is 14.5 Å². The molecule has 0 radical (unpaired) electrons. The first kappa shape index (κ1) is 22.2. The summed E-state index contributed by atoms with van der Waals surface area (Å²) >= 11 is 4.44. The Kier molecular flexibility index (Phi) is 7.39. The third-order valence-corrected chi connectivity index (χ3v) is 5.89. The smallest absolute Gasteiger partial charge is 0.293 e. The van der Waals surface area contributed by atoms with E-state index in [4.69, 9.17) is 9.47 Å². The van der Waals surface area contributed by atoms with Gasteiger partial charge in [0.15, 0.2) is 0 Å². The van der Waals surface area contributed by atoms with Gasteiger partial charge >= 0.3 is 0 Å². The number of nitrogens with zero attached hydrogens (tertiary/aromatic N) is 1. The molecule has 0 saturated carbocycles. The molecule has 2 aromatic rings. The van der Waals surface area contributed by atoms with E-state index in [9.17, 15) is 9.59 Å². The topological polar surface area (TPSA) is 55.8 Å². The van der Waals surface area contributed by atoms with Gasteiger partial charge < -0.3 is 9.47 Å². The second-order valence-corrected chi connectivity index (χ2v) is 8.72. The molecular formula is C23H22BrNO4S. The van der Waals surface area contributed by atoms with Gasteiger partial charge in [-0.2, -0.15) is 0 Å². The van der Waals surface area contributed by atoms with Crippen molar-refractivity contribution in [3.63, 3.8) is 0 Å². The summed E-state index contributed by atoms with van der Waals surface area (Å²) in [6.45, 7) is 4.71. The number of imide groups is 1. The zero-order chi connectivity index (χ0) is 21.7. The van der Waals surface area contributed by atoms with Gasteiger partial charge in [-0.15, -0.1) is 0 Å². The lowest BCUT2D eigenvalue weighted by Crippen LogP contribution is -2.27. The fraction of sp³-hybridized carbons (Fsp3) is 0.217. The van der Waals surface area contributed by atoms with Gasteiger partial charge in [0.1, 0.15) is 18.1 Å². The van der Waals surface area contributed by atoms with Gasteiger partial charge in [0.2, 0.25) is 0 Å². The van der Waals surface area contributed by atoms with Crippen LogP contribution in [0.4, 0.5) is 4.79 Å². The number of rotatable bonds is 7. The van der Waals surface area contributed by atoms with Crippen LogP contribution in [0.15, 0.2) is 63.5 Å². The molecule has 1 heterocycles. The van der Waals surface area contributed by atoms with Crippen molar-refractivity contribution < 1.29 is 19.1 Å². The number of benzene rings is 2. The number of ether oxygens (including phenoxy) is 2. The molecule has 0 bridgehead atoms. The summed E-state index contributed by atoms with van der Waals surface area (Å²) < 4.78 is 12.0. The quantitative estimate of drug-likeness (QED) is 0.352. The highest BCUT2D eigenvalue weighted by Gasteiger charge is 2.35. The Hall–Kier alpha value is -2.51. The van der Waals surface area contributed by atoms with Crippen molar-refractivity contribution in [3.8, 4) is 11.5 Å². The summed E-state index contributed by atoms with van der Waals surface area (Å²) in [5, 5.41) is -0.283. The summed E-state index contributed by atoms with van der Waals surface area (Å²) in [5.41, 5.74) is 2.75. The number of hydrogen-bond donors (Lipinski definition) is 0. The molecule has 156 valence electrons. The SMILES string of the molecule is COc1cc(OCC=C(C)C)c(Br)cc1/C=C1\SC(=O)N(Cc2ccccc2)C1=O. The van der Waals surface area contributed by atoms with Gasteiger partial charge in [0.05, 0.1) is 23.0 Å². The Bertz CT molecular complexity index is 1010. The first-order chi connectivity index (χ1) is 14.4. The van der Waals surface area contributed by atoms with E-state index in [1.807, 2.05) is 56.3 Å². The molecule has 0 spiro atoms. The van der Waals surface area contributed by atoms with Crippen molar-refractivity contribution in [2.75, 3.05) is 13.7 Å². The van der Waals surface area contributed by atoms with Gasteiger partial charge in [-0.25, -0.2) is 0 Å². The molecule has 1 fully saturated rings. The second-order valence-electron chi connectivity index (χ2n) is 6.87. The van der Waals surface area contributed by atoms with Crippen molar-refractivity contribution in [1.82, 2.24) is 4.90 Å². The molecule has 0 aliphatic carbocycles. The minimum atomic E-state index is -0.309. The minimum Gasteiger partial charge on any atom is -0.496 e. The Morgan fingerprint density at radius 2 is 1.87 bits per heavy atom. The summed E-state index contributed by atoms with van der Waals surface area (Å²) in [6.07, 6.45) is 3.66. The number of hydrogen-bond acceptors (Lipinski definition) is 5. The fourth-order valence-corrected chi connectivity index (χ4v) is 4.10. The predicted molar refractivity (Wildman–Crippen MR) is 124 cm³/mol. The number of amides is 2. The van der Waals surface area contributed by atoms with E-state index in [1.54, 1.807) is 19.3 Å². The van der Waals surface area contributed by atoms with Crippen LogP contribution in [0.3, 0.4) is 0 Å². The van der Waals surface area contributed by atoms with Crippen LogP contribution in [0.25, 0.3) is 6.08 Å². The standard InChI is InChI=1S/C23H22BrNO4S/c1-15(2)9-10-29-20-13-19(28-3)17(11-18(20)24)12-21-22(26)25(23(27)30-21)14-16-7-5-4-6-8-16/h4-9,11-13H,10,14H2,1-3H3/b21-12-. The Balaban J connectivity index is 1.83. The molecule has 2 aromatic carbocycles. The fourth-order valence-electron chi connectivity index (χ4n) is 2.79. The normalized spacial score (nSPS) is 14.9. The molecule has 0 aromatic heterocycles. The third-order valence-electron chi connectivity index (χ3n) is 4.36. The molecule has 30 heavy (non-hydrogen) atoms. The van der Waals surface area contributed by atoms with E-state index in [2.05, 4.69) is 15.9 Å². The van der Waals surface area contributed by atoms with Crippen LogP contribution in [0.2, 0.25) is 0 Å². The number of thioether (sulfide) groups is 1. The number of halogens is 1. The predicted octanol–water partition coefficient (Wildman–Crippen LogP) is 6.04. The largest absolute Gasteiger partial charge is 0.496 e. The Labute approximate surface area is 188 Å². The van der Waals surface area contributed by atoms with Crippen molar-refractivity contribution in [2.45, 2.75) is 20.4 Å². The molecule has 0 unspecified atom stereocenters. The zero-order valence-electron chi connectivity index (χ0n) is 17.0. The van der Waals surface area contributed by atoms with E-state index >= 15 is 0 Å². The first-order valence-corrected chi connectivity index (χ1v) is 10.9. The van der Waals surface area contributed by atoms with Crippen molar-refractivity contribution in [2.24, 2.45) is 0 Å². The van der Waals surface area contributed by atoms with Crippen LogP contribution in [-0.2, 0) is 11.3 Å². The lowest BCUT2D eigenvalue weighted by molar-refractivity contribution is -0.123. The molecule has 3 rings (SSSR count). The third kappa shape index (κ3) is 5.34. The average molecular weight is 488 g/mol. The number of carbonyl (C=O) groups excluding carboxylic acids is 2. The van der Waals surface area contributed by atoms with E-state index in [0.717, 1.165) is 21.8 Å². The highest BCUT2D eigenvalue weighted by atomic mass is 79.9. The highest BCUT2D eigenvalue weighted by Crippen LogP contribution is 2.38. The lowest BCUT2D eigenvalue weighted by atomic mass is 10.1. The van der Waals surface area contributed by atoms with Crippen LogP contribution in [0.1, 0.15) is 25.0 Å². The maximum Gasteiger partial charge on any atom is 0.293 e. The Morgan fingerprint density at radius 3 is 2.53 bits per heavy atom. The number of carbonyl (C=O) groups is 2. The summed E-state index contributed by atoms with van der Waals surface area (Å²) in [7, 11) is 1.56. The molecule has 7 heteroatoms. The molecule has 1 aliphatic heterocycles. The Morgan fingerprint density at radius 1 is 1.13 bits per heavy atom. The molecule has 5 nitrogen and oxygen atoms in total. The van der Waals surface area contributed by atoms with Crippen molar-refractivity contribution >= 4 is 44.9 Å².